The molecule has 1 atom stereocenters. The largest absolute Gasteiger partial charge is 0.485 e. The zero-order chi connectivity index (χ0) is 11.9. The lowest BCUT2D eigenvalue weighted by atomic mass is 9.90. The van der Waals surface area contributed by atoms with Crippen molar-refractivity contribution in [1.29, 1.82) is 0 Å². The van der Waals surface area contributed by atoms with E-state index in [0.29, 0.717) is 0 Å². The molecule has 1 aliphatic rings. The SMILES string of the molecule is Cc1cc(Br)c(C)c2c1O[C@](C)(CO)CC2. The zero-order valence-electron chi connectivity index (χ0n) is 9.93. The first kappa shape index (κ1) is 11.9. The molecule has 0 aliphatic carbocycles. The molecular weight excluding hydrogens is 268 g/mol. The maximum atomic E-state index is 9.36. The summed E-state index contributed by atoms with van der Waals surface area (Å²) in [7, 11) is 0. The minimum absolute atomic E-state index is 0.0704. The van der Waals surface area contributed by atoms with Crippen molar-refractivity contribution in [3.05, 3.63) is 27.2 Å². The van der Waals surface area contributed by atoms with Crippen LogP contribution in [-0.2, 0) is 6.42 Å². The van der Waals surface area contributed by atoms with Gasteiger partial charge in [-0.1, -0.05) is 15.9 Å². The second kappa shape index (κ2) is 4.04. The minimum atomic E-state index is -0.419. The maximum absolute atomic E-state index is 9.36. The Labute approximate surface area is 105 Å². The van der Waals surface area contributed by atoms with Gasteiger partial charge in [0.15, 0.2) is 0 Å². The molecule has 16 heavy (non-hydrogen) atoms. The van der Waals surface area contributed by atoms with Crippen molar-refractivity contribution in [3.63, 3.8) is 0 Å². The Balaban J connectivity index is 2.51. The smallest absolute Gasteiger partial charge is 0.129 e. The van der Waals surface area contributed by atoms with Crippen molar-refractivity contribution >= 4 is 15.9 Å². The van der Waals surface area contributed by atoms with Gasteiger partial charge in [-0.05, 0) is 56.4 Å². The Morgan fingerprint density at radius 1 is 1.50 bits per heavy atom. The van der Waals surface area contributed by atoms with Crippen LogP contribution in [-0.4, -0.2) is 17.3 Å². The predicted octanol–water partition coefficient (Wildman–Crippen LogP) is 3.14. The molecule has 0 saturated heterocycles. The summed E-state index contributed by atoms with van der Waals surface area (Å²) in [6, 6.07) is 2.08. The summed E-state index contributed by atoms with van der Waals surface area (Å²) < 4.78 is 7.10. The highest BCUT2D eigenvalue weighted by atomic mass is 79.9. The van der Waals surface area contributed by atoms with E-state index in [-0.39, 0.29) is 6.61 Å². The maximum Gasteiger partial charge on any atom is 0.129 e. The average molecular weight is 285 g/mol. The predicted molar refractivity (Wildman–Crippen MR) is 68.1 cm³/mol. The number of rotatable bonds is 1. The highest BCUT2D eigenvalue weighted by Gasteiger charge is 2.32. The van der Waals surface area contributed by atoms with Crippen molar-refractivity contribution < 1.29 is 9.84 Å². The molecule has 1 heterocycles. The average Bonchev–Trinajstić information content (AvgIpc) is 2.26. The molecule has 3 heteroatoms. The molecule has 1 aromatic rings. The van der Waals surface area contributed by atoms with Crippen LogP contribution in [0.15, 0.2) is 10.5 Å². The summed E-state index contributed by atoms with van der Waals surface area (Å²) in [5, 5.41) is 9.36. The third-order valence-corrected chi connectivity index (χ3v) is 4.20. The lowest BCUT2D eigenvalue weighted by molar-refractivity contribution is 0.00733. The van der Waals surface area contributed by atoms with Crippen LogP contribution in [0.25, 0.3) is 0 Å². The fourth-order valence-corrected chi connectivity index (χ4v) is 2.74. The zero-order valence-corrected chi connectivity index (χ0v) is 11.5. The van der Waals surface area contributed by atoms with E-state index < -0.39 is 5.60 Å². The molecule has 1 N–H and O–H groups in total. The van der Waals surface area contributed by atoms with Crippen LogP contribution in [0, 0.1) is 13.8 Å². The van der Waals surface area contributed by atoms with Crippen molar-refractivity contribution in [1.82, 2.24) is 0 Å². The van der Waals surface area contributed by atoms with E-state index in [9.17, 15) is 5.11 Å². The first-order chi connectivity index (χ1) is 7.47. The summed E-state index contributed by atoms with van der Waals surface area (Å²) >= 11 is 3.57. The first-order valence-corrected chi connectivity index (χ1v) is 6.34. The molecular formula is C13H17BrO2. The van der Waals surface area contributed by atoms with Crippen molar-refractivity contribution in [2.75, 3.05) is 6.61 Å². The third-order valence-electron chi connectivity index (χ3n) is 3.37. The first-order valence-electron chi connectivity index (χ1n) is 5.55. The van der Waals surface area contributed by atoms with Gasteiger partial charge in [0, 0.05) is 4.47 Å². The number of aliphatic hydroxyl groups excluding tert-OH is 1. The van der Waals surface area contributed by atoms with E-state index in [2.05, 4.69) is 28.9 Å². The van der Waals surface area contributed by atoms with E-state index in [4.69, 9.17) is 4.74 Å². The van der Waals surface area contributed by atoms with E-state index in [1.165, 1.54) is 11.1 Å². The van der Waals surface area contributed by atoms with Gasteiger partial charge < -0.3 is 9.84 Å². The molecule has 0 spiro atoms. The van der Waals surface area contributed by atoms with E-state index >= 15 is 0 Å². The number of fused-ring (bicyclic) bond motifs is 1. The molecule has 88 valence electrons. The molecule has 0 radical (unpaired) electrons. The Kier molecular flexibility index (Phi) is 3.01. The van der Waals surface area contributed by atoms with Gasteiger partial charge >= 0.3 is 0 Å². The highest BCUT2D eigenvalue weighted by molar-refractivity contribution is 9.10. The summed E-state index contributed by atoms with van der Waals surface area (Å²) in [4.78, 5) is 0. The van der Waals surface area contributed by atoms with Crippen LogP contribution < -0.4 is 4.74 Å². The van der Waals surface area contributed by atoms with Crippen molar-refractivity contribution in [2.45, 2.75) is 39.2 Å². The molecule has 0 bridgehead atoms. The second-order valence-electron chi connectivity index (χ2n) is 4.82. The van der Waals surface area contributed by atoms with Crippen LogP contribution in [0.4, 0.5) is 0 Å². The topological polar surface area (TPSA) is 29.5 Å². The standard InChI is InChI=1S/C13H17BrO2/c1-8-6-11(14)9(2)10-4-5-13(3,7-15)16-12(8)10/h6,15H,4-5,7H2,1-3H3/t13-/m0/s1. The fraction of sp³-hybridized carbons (Fsp3) is 0.538. The van der Waals surface area contributed by atoms with Gasteiger partial charge in [-0.3, -0.25) is 0 Å². The van der Waals surface area contributed by atoms with Gasteiger partial charge in [0.25, 0.3) is 0 Å². The highest BCUT2D eigenvalue weighted by Crippen LogP contribution is 2.40. The van der Waals surface area contributed by atoms with Crippen molar-refractivity contribution in [2.24, 2.45) is 0 Å². The van der Waals surface area contributed by atoms with Crippen LogP contribution in [0.5, 0.6) is 5.75 Å². The Bertz CT molecular complexity index is 428. The molecule has 2 rings (SSSR count). The molecule has 0 aromatic heterocycles. The van der Waals surface area contributed by atoms with Gasteiger partial charge in [-0.15, -0.1) is 0 Å². The quantitative estimate of drug-likeness (QED) is 0.859. The van der Waals surface area contributed by atoms with Crippen LogP contribution >= 0.6 is 15.9 Å². The van der Waals surface area contributed by atoms with Crippen LogP contribution in [0.2, 0.25) is 0 Å². The fourth-order valence-electron chi connectivity index (χ4n) is 2.16. The lowest BCUT2D eigenvalue weighted by Gasteiger charge is -2.36. The number of halogens is 1. The number of hydrogen-bond donors (Lipinski definition) is 1. The van der Waals surface area contributed by atoms with Crippen molar-refractivity contribution in [3.8, 4) is 5.75 Å². The lowest BCUT2D eigenvalue weighted by Crippen LogP contribution is -2.40. The Morgan fingerprint density at radius 3 is 2.81 bits per heavy atom. The van der Waals surface area contributed by atoms with Gasteiger partial charge in [0.2, 0.25) is 0 Å². The van der Waals surface area contributed by atoms with Crippen LogP contribution in [0.3, 0.4) is 0 Å². The number of aryl methyl sites for hydroxylation is 1. The monoisotopic (exact) mass is 284 g/mol. The number of aliphatic hydroxyl groups is 1. The normalized spacial score (nSPS) is 23.8. The Hall–Kier alpha value is -0.540. The summed E-state index contributed by atoms with van der Waals surface area (Å²) in [5.74, 6) is 0.962. The number of ether oxygens (including phenoxy) is 1. The van der Waals surface area contributed by atoms with E-state index in [0.717, 1.165) is 28.6 Å². The summed E-state index contributed by atoms with van der Waals surface area (Å²) in [6.07, 6.45) is 1.84. The Morgan fingerprint density at radius 2 is 2.19 bits per heavy atom. The van der Waals surface area contributed by atoms with Gasteiger partial charge in [0.1, 0.15) is 11.4 Å². The molecule has 1 aliphatic heterocycles. The third kappa shape index (κ3) is 1.87. The molecule has 2 nitrogen and oxygen atoms in total. The number of hydrogen-bond acceptors (Lipinski definition) is 2. The van der Waals surface area contributed by atoms with Crippen LogP contribution in [0.1, 0.15) is 30.0 Å². The van der Waals surface area contributed by atoms with E-state index in [1.807, 2.05) is 13.8 Å². The van der Waals surface area contributed by atoms with Gasteiger partial charge in [-0.25, -0.2) is 0 Å². The molecule has 0 saturated carbocycles. The molecule has 0 amide bonds. The summed E-state index contributed by atoms with van der Waals surface area (Å²) in [6.45, 7) is 6.19. The molecule has 1 aromatic carbocycles. The number of benzene rings is 1. The molecule has 0 unspecified atom stereocenters. The summed E-state index contributed by atoms with van der Waals surface area (Å²) in [5.41, 5.74) is 3.24. The molecule has 0 fully saturated rings. The van der Waals surface area contributed by atoms with Gasteiger partial charge in [-0.2, -0.15) is 0 Å². The van der Waals surface area contributed by atoms with E-state index in [1.54, 1.807) is 0 Å². The minimum Gasteiger partial charge on any atom is -0.485 e. The second-order valence-corrected chi connectivity index (χ2v) is 5.67. The van der Waals surface area contributed by atoms with Gasteiger partial charge in [0.05, 0.1) is 6.61 Å².